The first kappa shape index (κ1) is 16.1. The third-order valence-electron chi connectivity index (χ3n) is 4.41. The van der Waals surface area contributed by atoms with Crippen molar-refractivity contribution in [2.24, 2.45) is 7.05 Å². The average Bonchev–Trinajstić information content (AvgIpc) is 2.79. The van der Waals surface area contributed by atoms with Gasteiger partial charge in [-0.2, -0.15) is 0 Å². The monoisotopic (exact) mass is 323 g/mol. The van der Waals surface area contributed by atoms with Crippen LogP contribution >= 0.6 is 0 Å². The normalized spacial score (nSPS) is 11.0. The van der Waals surface area contributed by atoms with Crippen LogP contribution in [0.3, 0.4) is 0 Å². The highest BCUT2D eigenvalue weighted by molar-refractivity contribution is 6.10. The lowest BCUT2D eigenvalue weighted by Crippen LogP contribution is -2.06. The zero-order valence-electron chi connectivity index (χ0n) is 14.4. The van der Waals surface area contributed by atoms with Crippen molar-refractivity contribution in [3.8, 4) is 16.9 Å². The molecule has 1 N–H and O–H groups in total. The van der Waals surface area contributed by atoms with Gasteiger partial charge in [-0.1, -0.05) is 29.8 Å². The van der Waals surface area contributed by atoms with Crippen LogP contribution in [0.1, 0.15) is 28.5 Å². The van der Waals surface area contributed by atoms with Gasteiger partial charge in [-0.15, -0.1) is 0 Å². The lowest BCUT2D eigenvalue weighted by atomic mass is 10.00. The summed E-state index contributed by atoms with van der Waals surface area (Å²) in [5.41, 5.74) is 5.31. The summed E-state index contributed by atoms with van der Waals surface area (Å²) >= 11 is 0. The molecule has 0 amide bonds. The fraction of sp³-hybridized carbons (Fsp3) is 0.250. The number of aryl methyl sites for hydroxylation is 2. The van der Waals surface area contributed by atoms with Crippen molar-refractivity contribution in [3.63, 3.8) is 0 Å². The molecule has 4 heteroatoms. The first-order chi connectivity index (χ1) is 11.4. The number of esters is 1. The largest absolute Gasteiger partial charge is 0.508 e. The summed E-state index contributed by atoms with van der Waals surface area (Å²) in [7, 11) is 1.93. The predicted molar refractivity (Wildman–Crippen MR) is 95.5 cm³/mol. The average molecular weight is 323 g/mol. The van der Waals surface area contributed by atoms with Gasteiger partial charge in [0.15, 0.2) is 0 Å². The smallest absolute Gasteiger partial charge is 0.340 e. The molecule has 4 nitrogen and oxygen atoms in total. The van der Waals surface area contributed by atoms with Gasteiger partial charge in [-0.05, 0) is 38.5 Å². The van der Waals surface area contributed by atoms with E-state index in [1.807, 2.05) is 49.7 Å². The summed E-state index contributed by atoms with van der Waals surface area (Å²) in [6.45, 7) is 6.03. The highest BCUT2D eigenvalue weighted by atomic mass is 16.5. The van der Waals surface area contributed by atoms with E-state index in [1.165, 1.54) is 5.56 Å². The SMILES string of the molecule is CCOC(=O)c1c(C)n(C)c2c(-c3ccc(C)cc3)cc(O)cc12. The first-order valence-electron chi connectivity index (χ1n) is 8.00. The van der Waals surface area contributed by atoms with Crippen LogP contribution in [0.5, 0.6) is 5.75 Å². The minimum Gasteiger partial charge on any atom is -0.508 e. The molecule has 0 unspecified atom stereocenters. The minimum absolute atomic E-state index is 0.134. The number of hydrogen-bond donors (Lipinski definition) is 1. The highest BCUT2D eigenvalue weighted by Gasteiger charge is 2.22. The number of carbonyl (C=O) groups excluding carboxylic acids is 1. The maximum Gasteiger partial charge on any atom is 0.340 e. The lowest BCUT2D eigenvalue weighted by molar-refractivity contribution is 0.0527. The maximum atomic E-state index is 12.4. The predicted octanol–water partition coefficient (Wildman–Crippen LogP) is 4.34. The molecule has 2 aromatic carbocycles. The fourth-order valence-electron chi connectivity index (χ4n) is 3.12. The standard InChI is InChI=1S/C20H21NO3/c1-5-24-20(23)18-13(3)21(4)19-16(10-15(22)11-17(18)19)14-8-6-12(2)7-9-14/h6-11,22H,5H2,1-4H3. The number of phenols is 1. The van der Waals surface area contributed by atoms with Crippen molar-refractivity contribution in [1.29, 1.82) is 0 Å². The van der Waals surface area contributed by atoms with Crippen LogP contribution in [0.25, 0.3) is 22.0 Å². The van der Waals surface area contributed by atoms with E-state index >= 15 is 0 Å². The second kappa shape index (κ2) is 6.04. The van der Waals surface area contributed by atoms with Crippen LogP contribution in [-0.2, 0) is 11.8 Å². The van der Waals surface area contributed by atoms with Gasteiger partial charge in [0, 0.05) is 23.7 Å². The molecule has 1 aromatic heterocycles. The van der Waals surface area contributed by atoms with Gasteiger partial charge in [-0.25, -0.2) is 4.79 Å². The molecule has 3 rings (SSSR count). The van der Waals surface area contributed by atoms with E-state index in [4.69, 9.17) is 4.74 Å². The number of aromatic nitrogens is 1. The Morgan fingerprint density at radius 1 is 1.17 bits per heavy atom. The number of ether oxygens (including phenoxy) is 1. The van der Waals surface area contributed by atoms with E-state index in [9.17, 15) is 9.90 Å². The van der Waals surface area contributed by atoms with Gasteiger partial charge in [-0.3, -0.25) is 0 Å². The lowest BCUT2D eigenvalue weighted by Gasteiger charge is -2.09. The van der Waals surface area contributed by atoms with Gasteiger partial charge < -0.3 is 14.4 Å². The van der Waals surface area contributed by atoms with Crippen molar-refractivity contribution >= 4 is 16.9 Å². The molecule has 0 radical (unpaired) electrons. The van der Waals surface area contributed by atoms with Crippen LogP contribution in [0, 0.1) is 13.8 Å². The Morgan fingerprint density at radius 2 is 1.83 bits per heavy atom. The van der Waals surface area contributed by atoms with Crippen molar-refractivity contribution in [2.75, 3.05) is 6.61 Å². The van der Waals surface area contributed by atoms with E-state index in [1.54, 1.807) is 19.1 Å². The number of benzene rings is 2. The molecule has 124 valence electrons. The molecule has 0 aliphatic rings. The third kappa shape index (κ3) is 2.54. The number of nitrogens with zero attached hydrogens (tertiary/aromatic N) is 1. The zero-order chi connectivity index (χ0) is 17.4. The van der Waals surface area contributed by atoms with Gasteiger partial charge in [0.2, 0.25) is 0 Å². The summed E-state index contributed by atoms with van der Waals surface area (Å²) in [5.74, 6) is -0.227. The zero-order valence-corrected chi connectivity index (χ0v) is 14.4. The van der Waals surface area contributed by atoms with Gasteiger partial charge in [0.1, 0.15) is 5.75 Å². The van der Waals surface area contributed by atoms with Crippen LogP contribution < -0.4 is 0 Å². The molecule has 24 heavy (non-hydrogen) atoms. The molecule has 0 aliphatic heterocycles. The molecule has 0 spiro atoms. The topological polar surface area (TPSA) is 51.5 Å². The molecule has 0 saturated carbocycles. The number of phenolic OH excluding ortho intramolecular Hbond substituents is 1. The second-order valence-corrected chi connectivity index (χ2v) is 6.00. The Kier molecular flexibility index (Phi) is 4.06. The van der Waals surface area contributed by atoms with E-state index in [0.717, 1.165) is 22.3 Å². The molecule has 0 aliphatic carbocycles. The number of aromatic hydroxyl groups is 1. The molecular weight excluding hydrogens is 302 g/mol. The molecule has 3 aromatic rings. The highest BCUT2D eigenvalue weighted by Crippen LogP contribution is 2.37. The van der Waals surface area contributed by atoms with Crippen molar-refractivity contribution < 1.29 is 14.6 Å². The molecule has 0 atom stereocenters. The second-order valence-electron chi connectivity index (χ2n) is 6.00. The van der Waals surface area contributed by atoms with E-state index in [0.29, 0.717) is 17.6 Å². The molecule has 0 fully saturated rings. The summed E-state index contributed by atoms with van der Waals surface area (Å²) in [4.78, 5) is 12.4. The van der Waals surface area contributed by atoms with Crippen molar-refractivity contribution in [2.45, 2.75) is 20.8 Å². The van der Waals surface area contributed by atoms with E-state index in [-0.39, 0.29) is 11.7 Å². The van der Waals surface area contributed by atoms with Crippen molar-refractivity contribution in [3.05, 3.63) is 53.2 Å². The summed E-state index contributed by atoms with van der Waals surface area (Å²) in [6.07, 6.45) is 0. The molecule has 1 heterocycles. The van der Waals surface area contributed by atoms with Crippen LogP contribution in [-0.4, -0.2) is 22.2 Å². The Hall–Kier alpha value is -2.75. The number of fused-ring (bicyclic) bond motifs is 1. The number of rotatable bonds is 3. The summed E-state index contributed by atoms with van der Waals surface area (Å²) in [6, 6.07) is 11.5. The Labute approximate surface area is 141 Å². The Balaban J connectivity index is 2.34. The van der Waals surface area contributed by atoms with Crippen LogP contribution in [0.2, 0.25) is 0 Å². The molecule has 0 bridgehead atoms. The number of hydrogen-bond acceptors (Lipinski definition) is 3. The van der Waals surface area contributed by atoms with Gasteiger partial charge in [0.25, 0.3) is 0 Å². The van der Waals surface area contributed by atoms with Crippen LogP contribution in [0.15, 0.2) is 36.4 Å². The minimum atomic E-state index is -0.360. The Morgan fingerprint density at radius 3 is 2.46 bits per heavy atom. The Bertz CT molecular complexity index is 920. The fourth-order valence-corrected chi connectivity index (χ4v) is 3.12. The summed E-state index contributed by atoms with van der Waals surface area (Å²) in [5, 5.41) is 10.9. The summed E-state index contributed by atoms with van der Waals surface area (Å²) < 4.78 is 7.18. The van der Waals surface area contributed by atoms with Gasteiger partial charge in [0.05, 0.1) is 17.7 Å². The number of carbonyl (C=O) groups is 1. The van der Waals surface area contributed by atoms with Crippen molar-refractivity contribution in [1.82, 2.24) is 4.57 Å². The van der Waals surface area contributed by atoms with E-state index in [2.05, 4.69) is 0 Å². The van der Waals surface area contributed by atoms with Crippen LogP contribution in [0.4, 0.5) is 0 Å². The molecule has 0 saturated heterocycles. The maximum absolute atomic E-state index is 12.4. The third-order valence-corrected chi connectivity index (χ3v) is 4.41. The first-order valence-corrected chi connectivity index (χ1v) is 8.00. The quantitative estimate of drug-likeness (QED) is 0.729. The van der Waals surface area contributed by atoms with Gasteiger partial charge >= 0.3 is 5.97 Å². The molecular formula is C20H21NO3. The van der Waals surface area contributed by atoms with E-state index < -0.39 is 0 Å².